The van der Waals surface area contributed by atoms with Crippen molar-refractivity contribution < 1.29 is 23.1 Å². The summed E-state index contributed by atoms with van der Waals surface area (Å²) in [5, 5.41) is 8.96. The van der Waals surface area contributed by atoms with E-state index in [1.807, 2.05) is 6.92 Å². The molecule has 0 aliphatic heterocycles. The topological polar surface area (TPSA) is 80.7 Å². The fourth-order valence-electron chi connectivity index (χ4n) is 2.31. The third-order valence-electron chi connectivity index (χ3n) is 3.20. The van der Waals surface area contributed by atoms with Crippen LogP contribution in [-0.4, -0.2) is 26.1 Å². The molecule has 2 rings (SSSR count). The van der Waals surface area contributed by atoms with E-state index in [-0.39, 0.29) is 16.2 Å². The van der Waals surface area contributed by atoms with Gasteiger partial charge in [-0.25, -0.2) is 8.42 Å². The molecule has 5 nitrogen and oxygen atoms in total. The zero-order valence-electron chi connectivity index (χ0n) is 13.1. The van der Waals surface area contributed by atoms with Gasteiger partial charge in [0.05, 0.1) is 22.8 Å². The van der Waals surface area contributed by atoms with Crippen LogP contribution in [0, 0.1) is 13.8 Å². The Hall–Kier alpha value is -1.86. The van der Waals surface area contributed by atoms with Crippen LogP contribution >= 0.6 is 11.3 Å². The average Bonchev–Trinajstić information content (AvgIpc) is 2.77. The maximum Gasteiger partial charge on any atom is 0.307 e. The van der Waals surface area contributed by atoms with Gasteiger partial charge in [-0.15, -0.1) is 11.3 Å². The second-order valence-corrected chi connectivity index (χ2v) is 8.48. The maximum absolute atomic E-state index is 12.9. The summed E-state index contributed by atoms with van der Waals surface area (Å²) in [5.41, 5.74) is 0.395. The lowest BCUT2D eigenvalue weighted by molar-refractivity contribution is -0.136. The molecule has 7 heteroatoms. The van der Waals surface area contributed by atoms with Crippen molar-refractivity contribution in [1.29, 1.82) is 0 Å². The van der Waals surface area contributed by atoms with Gasteiger partial charge in [0.2, 0.25) is 9.84 Å². The molecule has 0 radical (unpaired) electrons. The first kappa shape index (κ1) is 17.5. The third-order valence-corrected chi connectivity index (χ3v) is 6.16. The lowest BCUT2D eigenvalue weighted by Gasteiger charge is -2.10. The highest BCUT2D eigenvalue weighted by atomic mass is 32.2. The summed E-state index contributed by atoms with van der Waals surface area (Å²) in [5.74, 6) is -0.668. The van der Waals surface area contributed by atoms with E-state index in [0.717, 1.165) is 4.88 Å². The van der Waals surface area contributed by atoms with Crippen LogP contribution in [0.1, 0.15) is 22.2 Å². The van der Waals surface area contributed by atoms with E-state index in [1.165, 1.54) is 23.5 Å². The molecule has 0 spiro atoms. The largest absolute Gasteiger partial charge is 0.494 e. The van der Waals surface area contributed by atoms with Crippen LogP contribution in [0.15, 0.2) is 34.1 Å². The third kappa shape index (κ3) is 3.92. The van der Waals surface area contributed by atoms with E-state index >= 15 is 0 Å². The van der Waals surface area contributed by atoms with Crippen molar-refractivity contribution >= 4 is 27.1 Å². The predicted molar refractivity (Wildman–Crippen MR) is 88.2 cm³/mol. The molecule has 1 aromatic carbocycles. The van der Waals surface area contributed by atoms with E-state index in [4.69, 9.17) is 9.84 Å². The van der Waals surface area contributed by atoms with Gasteiger partial charge in [-0.1, -0.05) is 0 Å². The maximum atomic E-state index is 12.9. The van der Waals surface area contributed by atoms with Crippen molar-refractivity contribution in [3.05, 3.63) is 39.6 Å². The van der Waals surface area contributed by atoms with Crippen molar-refractivity contribution in [2.24, 2.45) is 0 Å². The van der Waals surface area contributed by atoms with Crippen molar-refractivity contribution in [2.45, 2.75) is 37.0 Å². The number of thiophene rings is 1. The number of rotatable bonds is 6. The lowest BCUT2D eigenvalue weighted by atomic mass is 10.1. The molecule has 0 amide bonds. The van der Waals surface area contributed by atoms with Crippen molar-refractivity contribution in [1.82, 2.24) is 0 Å². The SMILES string of the molecule is CCOc1cc(CC(=O)O)cc(S(=O)(=O)c2cc(C)sc2C)c1. The van der Waals surface area contributed by atoms with Gasteiger partial charge in [0, 0.05) is 9.75 Å². The number of carboxylic acid groups (broad SMARTS) is 1. The molecule has 0 aliphatic carbocycles. The van der Waals surface area contributed by atoms with Gasteiger partial charge < -0.3 is 9.84 Å². The fourth-order valence-corrected chi connectivity index (χ4v) is 5.20. The molecule has 1 heterocycles. The summed E-state index contributed by atoms with van der Waals surface area (Å²) in [6.45, 7) is 5.76. The minimum atomic E-state index is -3.71. The van der Waals surface area contributed by atoms with Crippen LogP contribution < -0.4 is 4.74 Å². The summed E-state index contributed by atoms with van der Waals surface area (Å²) in [7, 11) is -3.71. The normalized spacial score (nSPS) is 11.4. The Balaban J connectivity index is 2.58. The number of aryl methyl sites for hydroxylation is 2. The van der Waals surface area contributed by atoms with Gasteiger partial charge in [0.1, 0.15) is 5.75 Å². The minimum absolute atomic E-state index is 0.0561. The summed E-state index contributed by atoms with van der Waals surface area (Å²) < 4.78 is 31.1. The quantitative estimate of drug-likeness (QED) is 0.861. The van der Waals surface area contributed by atoms with Gasteiger partial charge in [0.15, 0.2) is 0 Å². The van der Waals surface area contributed by atoms with Gasteiger partial charge in [0.25, 0.3) is 0 Å². The summed E-state index contributed by atoms with van der Waals surface area (Å²) in [6, 6.07) is 6.04. The molecular formula is C16H18O5S2. The summed E-state index contributed by atoms with van der Waals surface area (Å²) in [6.07, 6.45) is -0.259. The molecule has 1 N–H and O–H groups in total. The molecule has 0 fully saturated rings. The van der Waals surface area contributed by atoms with Crippen LogP contribution in [0.25, 0.3) is 0 Å². The number of carbonyl (C=O) groups is 1. The van der Waals surface area contributed by atoms with Crippen molar-refractivity contribution in [3.8, 4) is 5.75 Å². The molecule has 124 valence electrons. The molecule has 0 saturated heterocycles. The van der Waals surface area contributed by atoms with Crippen LogP contribution in [-0.2, 0) is 21.1 Å². The first-order valence-corrected chi connectivity index (χ1v) is 9.34. The highest BCUT2D eigenvalue weighted by Gasteiger charge is 2.23. The molecule has 23 heavy (non-hydrogen) atoms. The van der Waals surface area contributed by atoms with Crippen LogP contribution in [0.3, 0.4) is 0 Å². The molecule has 1 aromatic heterocycles. The summed E-state index contributed by atoms with van der Waals surface area (Å²) in [4.78, 5) is 12.9. The lowest BCUT2D eigenvalue weighted by Crippen LogP contribution is -2.06. The molecule has 0 atom stereocenters. The molecule has 0 aliphatic rings. The second kappa shape index (κ2) is 6.72. The number of aliphatic carboxylic acids is 1. The van der Waals surface area contributed by atoms with E-state index in [9.17, 15) is 13.2 Å². The number of carboxylic acids is 1. The minimum Gasteiger partial charge on any atom is -0.494 e. The zero-order chi connectivity index (χ0) is 17.2. The Bertz CT molecular complexity index is 834. The van der Waals surface area contributed by atoms with Gasteiger partial charge in [-0.3, -0.25) is 4.79 Å². The Morgan fingerprint density at radius 2 is 1.91 bits per heavy atom. The summed E-state index contributed by atoms with van der Waals surface area (Å²) >= 11 is 1.42. The molecule has 0 bridgehead atoms. The molecule has 0 unspecified atom stereocenters. The average molecular weight is 354 g/mol. The molecule has 2 aromatic rings. The van der Waals surface area contributed by atoms with E-state index in [1.54, 1.807) is 26.0 Å². The van der Waals surface area contributed by atoms with Gasteiger partial charge >= 0.3 is 5.97 Å². The Labute approximate surface area is 139 Å². The predicted octanol–water partition coefficient (Wildman–Crippen LogP) is 3.22. The molecule has 0 saturated carbocycles. The Morgan fingerprint density at radius 1 is 1.22 bits per heavy atom. The Kier molecular flexibility index (Phi) is 5.11. The number of hydrogen-bond donors (Lipinski definition) is 1. The van der Waals surface area contributed by atoms with Crippen LogP contribution in [0.4, 0.5) is 0 Å². The van der Waals surface area contributed by atoms with Crippen molar-refractivity contribution in [3.63, 3.8) is 0 Å². The van der Waals surface area contributed by atoms with E-state index in [0.29, 0.717) is 22.8 Å². The van der Waals surface area contributed by atoms with E-state index in [2.05, 4.69) is 0 Å². The van der Waals surface area contributed by atoms with Crippen molar-refractivity contribution in [2.75, 3.05) is 6.61 Å². The monoisotopic (exact) mass is 354 g/mol. The Morgan fingerprint density at radius 3 is 2.43 bits per heavy atom. The highest BCUT2D eigenvalue weighted by Crippen LogP contribution is 2.32. The fraction of sp³-hybridized carbons (Fsp3) is 0.312. The van der Waals surface area contributed by atoms with E-state index < -0.39 is 15.8 Å². The second-order valence-electron chi connectivity index (χ2n) is 5.10. The van der Waals surface area contributed by atoms with Gasteiger partial charge in [-0.2, -0.15) is 0 Å². The number of ether oxygens (including phenoxy) is 1. The smallest absolute Gasteiger partial charge is 0.307 e. The first-order valence-electron chi connectivity index (χ1n) is 7.04. The van der Waals surface area contributed by atoms with Crippen LogP contribution in [0.2, 0.25) is 0 Å². The van der Waals surface area contributed by atoms with Gasteiger partial charge in [-0.05, 0) is 50.6 Å². The first-order chi connectivity index (χ1) is 10.7. The highest BCUT2D eigenvalue weighted by molar-refractivity contribution is 7.91. The van der Waals surface area contributed by atoms with Crippen LogP contribution in [0.5, 0.6) is 5.75 Å². The standard InChI is InChI=1S/C16H18O5S2/c1-4-21-13-6-12(8-16(17)18)7-14(9-13)23(19,20)15-5-10(2)22-11(15)3/h5-7,9H,4,8H2,1-3H3,(H,17,18). The number of hydrogen-bond acceptors (Lipinski definition) is 5. The number of sulfone groups is 1. The zero-order valence-corrected chi connectivity index (χ0v) is 14.8. The molecular weight excluding hydrogens is 336 g/mol. The number of benzene rings is 1.